The lowest BCUT2D eigenvalue weighted by molar-refractivity contribution is 0.590. The van der Waals surface area contributed by atoms with E-state index in [2.05, 4.69) is 223 Å². The summed E-state index contributed by atoms with van der Waals surface area (Å²) in [5.74, 6) is 0. The largest absolute Gasteiger partial charge is 0.310 e. The van der Waals surface area contributed by atoms with E-state index in [0.29, 0.717) is 0 Å². The minimum atomic E-state index is 0.0632. The van der Waals surface area contributed by atoms with Crippen molar-refractivity contribution in [2.24, 2.45) is 0 Å². The second-order valence-electron chi connectivity index (χ2n) is 17.6. The van der Waals surface area contributed by atoms with Crippen molar-refractivity contribution >= 4 is 77.2 Å². The summed E-state index contributed by atoms with van der Waals surface area (Å²) in [6.07, 6.45) is 0. The van der Waals surface area contributed by atoms with Crippen molar-refractivity contribution in [2.45, 2.75) is 66.2 Å². The van der Waals surface area contributed by atoms with E-state index in [0.717, 1.165) is 22.7 Å². The SMILES string of the molecule is Cc1cc(N(c2ccccc2)c2ccc(C(C)(C)C)cc2)c2c3ccccc3c3c(N(c4ccccc4)c4ccc(C(C)(C)C)cc4)cc(C)c4ccc1c2c43. The maximum atomic E-state index is 2.47. The molecule has 9 aromatic rings. The van der Waals surface area contributed by atoms with Crippen LogP contribution in [0.1, 0.15) is 63.8 Å². The molecule has 0 aliphatic heterocycles. The zero-order valence-corrected chi connectivity index (χ0v) is 33.9. The fourth-order valence-corrected chi connectivity index (χ4v) is 8.79. The molecule has 9 rings (SSSR count). The number of anilines is 6. The Morgan fingerprint density at radius 1 is 0.321 bits per heavy atom. The smallest absolute Gasteiger partial charge is 0.0549 e. The van der Waals surface area contributed by atoms with Crippen LogP contribution in [0.4, 0.5) is 34.1 Å². The Bertz CT molecular complexity index is 2660. The number of rotatable bonds is 6. The highest BCUT2D eigenvalue weighted by atomic mass is 15.2. The molecular formula is C54H50N2. The summed E-state index contributed by atoms with van der Waals surface area (Å²) in [4.78, 5) is 4.94. The van der Waals surface area contributed by atoms with Crippen molar-refractivity contribution in [3.8, 4) is 0 Å². The highest BCUT2D eigenvalue weighted by Gasteiger charge is 2.27. The van der Waals surface area contributed by atoms with Gasteiger partial charge in [-0.25, -0.2) is 0 Å². The third-order valence-electron chi connectivity index (χ3n) is 11.7. The minimum Gasteiger partial charge on any atom is -0.310 e. The number of aryl methyl sites for hydroxylation is 2. The van der Waals surface area contributed by atoms with Crippen molar-refractivity contribution in [1.29, 1.82) is 0 Å². The maximum absolute atomic E-state index is 2.47. The van der Waals surface area contributed by atoms with Crippen LogP contribution in [0.5, 0.6) is 0 Å². The number of benzene rings is 9. The molecule has 0 aliphatic carbocycles. The third kappa shape index (κ3) is 5.87. The average molecular weight is 727 g/mol. The molecule has 0 amide bonds. The van der Waals surface area contributed by atoms with Crippen LogP contribution in [0.2, 0.25) is 0 Å². The van der Waals surface area contributed by atoms with Gasteiger partial charge in [0.05, 0.1) is 11.4 Å². The zero-order valence-electron chi connectivity index (χ0n) is 33.9. The van der Waals surface area contributed by atoms with E-state index in [1.165, 1.54) is 76.7 Å². The minimum absolute atomic E-state index is 0.0632. The average Bonchev–Trinajstić information content (AvgIpc) is 3.19. The molecule has 0 radical (unpaired) electrons. The van der Waals surface area contributed by atoms with Gasteiger partial charge in [-0.3, -0.25) is 0 Å². The predicted molar refractivity (Wildman–Crippen MR) is 244 cm³/mol. The fraction of sp³-hybridized carbons (Fsp3) is 0.185. The Balaban J connectivity index is 1.42. The van der Waals surface area contributed by atoms with Crippen LogP contribution in [0.25, 0.3) is 43.1 Å². The van der Waals surface area contributed by atoms with Gasteiger partial charge >= 0.3 is 0 Å². The lowest BCUT2D eigenvalue weighted by atomic mass is 9.84. The van der Waals surface area contributed by atoms with Crippen molar-refractivity contribution in [2.75, 3.05) is 9.80 Å². The van der Waals surface area contributed by atoms with Crippen molar-refractivity contribution in [1.82, 2.24) is 0 Å². The van der Waals surface area contributed by atoms with E-state index in [9.17, 15) is 0 Å². The Morgan fingerprint density at radius 2 is 0.643 bits per heavy atom. The van der Waals surface area contributed by atoms with Crippen LogP contribution in [-0.2, 0) is 10.8 Å². The number of fused-ring (bicyclic) bond motifs is 3. The van der Waals surface area contributed by atoms with E-state index in [4.69, 9.17) is 0 Å². The lowest BCUT2D eigenvalue weighted by Crippen LogP contribution is -2.14. The van der Waals surface area contributed by atoms with Gasteiger partial charge in [0.15, 0.2) is 0 Å². The van der Waals surface area contributed by atoms with Gasteiger partial charge in [0.25, 0.3) is 0 Å². The summed E-state index contributed by atoms with van der Waals surface area (Å²) < 4.78 is 0. The Kier molecular flexibility index (Phi) is 8.43. The lowest BCUT2D eigenvalue weighted by Gasteiger charge is -2.32. The number of para-hydroxylation sites is 2. The van der Waals surface area contributed by atoms with Gasteiger partial charge in [0.1, 0.15) is 0 Å². The van der Waals surface area contributed by atoms with E-state index < -0.39 is 0 Å². The summed E-state index contributed by atoms with van der Waals surface area (Å²) in [7, 11) is 0. The Labute approximate surface area is 332 Å². The van der Waals surface area contributed by atoms with Gasteiger partial charge in [-0.05, 0) is 129 Å². The quantitative estimate of drug-likeness (QED) is 0.124. The molecule has 276 valence electrons. The molecule has 0 spiro atoms. The molecular weight excluding hydrogens is 677 g/mol. The normalized spacial score (nSPS) is 12.3. The molecule has 0 aliphatic rings. The molecule has 0 saturated carbocycles. The van der Waals surface area contributed by atoms with Crippen LogP contribution in [0.15, 0.2) is 158 Å². The van der Waals surface area contributed by atoms with E-state index in [1.54, 1.807) is 0 Å². The maximum Gasteiger partial charge on any atom is 0.0549 e. The highest BCUT2D eigenvalue weighted by molar-refractivity contribution is 6.39. The summed E-state index contributed by atoms with van der Waals surface area (Å²) in [5, 5.41) is 10.3. The van der Waals surface area contributed by atoms with E-state index in [1.807, 2.05) is 0 Å². The standard InChI is InChI=1S/C54H50N2/c1-35-33-47(55(39-17-11-9-12-18-39)41-27-23-37(24-28-41)53(3,4)5)49-45-21-15-16-22-46(45)50-48(34-36(2)44-32-31-43(35)51(49)52(44)50)56(40-19-13-10-14-20-40)42-29-25-38(26-30-42)54(6,7)8/h9-34H,1-8H3. The third-order valence-corrected chi connectivity index (χ3v) is 11.7. The second kappa shape index (κ2) is 13.3. The second-order valence-corrected chi connectivity index (χ2v) is 17.6. The van der Waals surface area contributed by atoms with Gasteiger partial charge in [0, 0.05) is 44.3 Å². The molecule has 9 aromatic carbocycles. The number of hydrogen-bond acceptors (Lipinski definition) is 2. The van der Waals surface area contributed by atoms with Crippen molar-refractivity contribution < 1.29 is 0 Å². The number of hydrogen-bond donors (Lipinski definition) is 0. The summed E-state index contributed by atoms with van der Waals surface area (Å²) >= 11 is 0. The molecule has 0 N–H and O–H groups in total. The molecule has 0 heterocycles. The van der Waals surface area contributed by atoms with Gasteiger partial charge in [-0.2, -0.15) is 0 Å². The first-order chi connectivity index (χ1) is 26.9. The number of nitrogens with zero attached hydrogens (tertiary/aromatic N) is 2. The summed E-state index contributed by atoms with van der Waals surface area (Å²) in [5.41, 5.74) is 12.3. The van der Waals surface area contributed by atoms with Crippen LogP contribution >= 0.6 is 0 Å². The first kappa shape index (κ1) is 35.6. The Morgan fingerprint density at radius 3 is 0.982 bits per heavy atom. The molecule has 2 heteroatoms. The zero-order chi connectivity index (χ0) is 38.9. The van der Waals surface area contributed by atoms with Crippen molar-refractivity contribution in [3.63, 3.8) is 0 Å². The molecule has 0 atom stereocenters. The highest BCUT2D eigenvalue weighted by Crippen LogP contribution is 2.53. The first-order valence-corrected chi connectivity index (χ1v) is 19.9. The summed E-state index contributed by atoms with van der Waals surface area (Å²) in [6, 6.07) is 58.8. The molecule has 0 bridgehead atoms. The van der Waals surface area contributed by atoms with Crippen LogP contribution in [0, 0.1) is 13.8 Å². The summed E-state index contributed by atoms with van der Waals surface area (Å²) in [6.45, 7) is 18.3. The van der Waals surface area contributed by atoms with E-state index >= 15 is 0 Å². The van der Waals surface area contributed by atoms with E-state index in [-0.39, 0.29) is 10.8 Å². The van der Waals surface area contributed by atoms with Gasteiger partial charge in [-0.1, -0.05) is 139 Å². The monoisotopic (exact) mass is 726 g/mol. The van der Waals surface area contributed by atoms with Gasteiger partial charge in [-0.15, -0.1) is 0 Å². The fourth-order valence-electron chi connectivity index (χ4n) is 8.79. The van der Waals surface area contributed by atoms with Crippen LogP contribution in [-0.4, -0.2) is 0 Å². The van der Waals surface area contributed by atoms with Gasteiger partial charge < -0.3 is 9.80 Å². The van der Waals surface area contributed by atoms with Crippen LogP contribution < -0.4 is 9.80 Å². The molecule has 0 aromatic heterocycles. The predicted octanol–water partition coefficient (Wildman–Crippen LogP) is 15.9. The molecule has 0 unspecified atom stereocenters. The van der Waals surface area contributed by atoms with Crippen molar-refractivity contribution in [3.05, 3.63) is 180 Å². The van der Waals surface area contributed by atoms with Crippen LogP contribution in [0.3, 0.4) is 0 Å². The Hall–Kier alpha value is -6.12. The van der Waals surface area contributed by atoms with Gasteiger partial charge in [0.2, 0.25) is 0 Å². The topological polar surface area (TPSA) is 6.48 Å². The molecule has 2 nitrogen and oxygen atoms in total. The molecule has 56 heavy (non-hydrogen) atoms. The molecule has 0 fully saturated rings. The molecule has 0 saturated heterocycles. The first-order valence-electron chi connectivity index (χ1n) is 19.9.